The van der Waals surface area contributed by atoms with Crippen LogP contribution in [0.15, 0.2) is 6.20 Å². The molecule has 3 nitrogen and oxygen atoms in total. The van der Waals surface area contributed by atoms with Crippen LogP contribution in [0.2, 0.25) is 5.02 Å². The van der Waals surface area contributed by atoms with Crippen molar-refractivity contribution in [2.45, 2.75) is 45.8 Å². The maximum atomic E-state index is 10.3. The van der Waals surface area contributed by atoms with E-state index in [1.54, 1.807) is 6.20 Å². The predicted octanol–water partition coefficient (Wildman–Crippen LogP) is 3.03. The molecule has 1 aliphatic carbocycles. The van der Waals surface area contributed by atoms with Crippen LogP contribution >= 0.6 is 11.6 Å². The molecule has 1 aromatic rings. The molecule has 1 saturated carbocycles. The van der Waals surface area contributed by atoms with E-state index < -0.39 is 6.10 Å². The van der Waals surface area contributed by atoms with Crippen molar-refractivity contribution in [1.29, 1.82) is 0 Å². The number of hydrogen-bond donors (Lipinski definition) is 1. The Hall–Kier alpha value is -0.540. The summed E-state index contributed by atoms with van der Waals surface area (Å²) in [7, 11) is 0. The van der Waals surface area contributed by atoms with Crippen molar-refractivity contribution in [3.63, 3.8) is 0 Å². The van der Waals surface area contributed by atoms with E-state index in [0.29, 0.717) is 10.9 Å². The topological polar surface area (TPSA) is 38.0 Å². The molecule has 0 amide bonds. The van der Waals surface area contributed by atoms with Gasteiger partial charge in [-0.2, -0.15) is 5.10 Å². The van der Waals surface area contributed by atoms with E-state index in [1.165, 1.54) is 12.8 Å². The molecule has 0 radical (unpaired) electrons. The summed E-state index contributed by atoms with van der Waals surface area (Å²) in [5.74, 6) is 0.945. The fourth-order valence-corrected chi connectivity index (χ4v) is 2.44. The van der Waals surface area contributed by atoms with Gasteiger partial charge in [0.15, 0.2) is 0 Å². The van der Waals surface area contributed by atoms with E-state index in [-0.39, 0.29) is 5.92 Å². The summed E-state index contributed by atoms with van der Waals surface area (Å²) in [4.78, 5) is 0. The zero-order valence-corrected chi connectivity index (χ0v) is 10.6. The van der Waals surface area contributed by atoms with Crippen LogP contribution in [0, 0.1) is 11.8 Å². The van der Waals surface area contributed by atoms with Crippen molar-refractivity contribution in [3.8, 4) is 0 Å². The average molecular weight is 243 g/mol. The second-order valence-electron chi connectivity index (χ2n) is 4.74. The Morgan fingerprint density at radius 1 is 1.62 bits per heavy atom. The molecule has 4 heteroatoms. The summed E-state index contributed by atoms with van der Waals surface area (Å²) in [5.41, 5.74) is 0.794. The Morgan fingerprint density at radius 3 is 2.88 bits per heavy atom. The van der Waals surface area contributed by atoms with Gasteiger partial charge in [-0.25, -0.2) is 0 Å². The van der Waals surface area contributed by atoms with Gasteiger partial charge in [-0.3, -0.25) is 4.68 Å². The van der Waals surface area contributed by atoms with Gasteiger partial charge in [-0.1, -0.05) is 25.4 Å². The summed E-state index contributed by atoms with van der Waals surface area (Å²) >= 11 is 6.10. The monoisotopic (exact) mass is 242 g/mol. The summed E-state index contributed by atoms with van der Waals surface area (Å²) in [6.07, 6.45) is 4.62. The van der Waals surface area contributed by atoms with Crippen molar-refractivity contribution in [2.24, 2.45) is 11.8 Å². The Morgan fingerprint density at radius 2 is 2.31 bits per heavy atom. The molecule has 2 unspecified atom stereocenters. The Kier molecular flexibility index (Phi) is 3.55. The average Bonchev–Trinajstić information content (AvgIpc) is 3.04. The highest BCUT2D eigenvalue weighted by Gasteiger charge is 2.35. The molecule has 16 heavy (non-hydrogen) atoms. The summed E-state index contributed by atoms with van der Waals surface area (Å²) < 4.78 is 1.84. The van der Waals surface area contributed by atoms with Crippen LogP contribution in [0.5, 0.6) is 0 Å². The van der Waals surface area contributed by atoms with Crippen molar-refractivity contribution in [1.82, 2.24) is 9.78 Å². The highest BCUT2D eigenvalue weighted by Crippen LogP contribution is 2.43. The van der Waals surface area contributed by atoms with Gasteiger partial charge in [0.1, 0.15) is 0 Å². The van der Waals surface area contributed by atoms with Gasteiger partial charge < -0.3 is 5.11 Å². The minimum Gasteiger partial charge on any atom is -0.386 e. The Labute approximate surface area is 101 Å². The van der Waals surface area contributed by atoms with Gasteiger partial charge in [0.05, 0.1) is 23.0 Å². The molecule has 2 rings (SSSR count). The van der Waals surface area contributed by atoms with Crippen LogP contribution in [0.3, 0.4) is 0 Å². The fourth-order valence-electron chi connectivity index (χ4n) is 2.18. The molecule has 0 aromatic carbocycles. The molecule has 1 fully saturated rings. The van der Waals surface area contributed by atoms with E-state index in [1.807, 2.05) is 4.68 Å². The lowest BCUT2D eigenvalue weighted by atomic mass is 9.97. The maximum Gasteiger partial charge on any atom is 0.0999 e. The van der Waals surface area contributed by atoms with Gasteiger partial charge in [-0.05, 0) is 31.1 Å². The van der Waals surface area contributed by atoms with Crippen LogP contribution < -0.4 is 0 Å². The molecule has 0 aliphatic heterocycles. The first-order valence-electron chi connectivity index (χ1n) is 6.04. The highest BCUT2D eigenvalue weighted by molar-refractivity contribution is 6.31. The van der Waals surface area contributed by atoms with E-state index in [0.717, 1.165) is 18.7 Å². The van der Waals surface area contributed by atoms with Gasteiger partial charge in [0.25, 0.3) is 0 Å². The van der Waals surface area contributed by atoms with Crippen LogP contribution in [-0.4, -0.2) is 14.9 Å². The molecule has 1 N–H and O–H groups in total. The summed E-state index contributed by atoms with van der Waals surface area (Å²) in [5, 5.41) is 15.1. The van der Waals surface area contributed by atoms with Crippen molar-refractivity contribution in [3.05, 3.63) is 16.9 Å². The number of aliphatic hydroxyl groups excluding tert-OH is 1. The molecule has 90 valence electrons. The predicted molar refractivity (Wildman–Crippen MR) is 64.4 cm³/mol. The van der Waals surface area contributed by atoms with Crippen molar-refractivity contribution < 1.29 is 5.11 Å². The standard InChI is InChI=1S/C12H19ClN2O/c1-3-6-15-11(10(13)7-14-15)12(16)8(2)9-4-5-9/h7-9,12,16H,3-6H2,1-2H3. The third-order valence-corrected chi connectivity index (χ3v) is 3.70. The largest absolute Gasteiger partial charge is 0.386 e. The lowest BCUT2D eigenvalue weighted by Gasteiger charge is -2.20. The van der Waals surface area contributed by atoms with Crippen molar-refractivity contribution >= 4 is 11.6 Å². The molecule has 1 aromatic heterocycles. The molecule has 2 atom stereocenters. The number of halogens is 1. The van der Waals surface area contributed by atoms with E-state index in [4.69, 9.17) is 11.6 Å². The minimum absolute atomic E-state index is 0.282. The number of rotatable bonds is 5. The van der Waals surface area contributed by atoms with E-state index >= 15 is 0 Å². The smallest absolute Gasteiger partial charge is 0.0999 e. The van der Waals surface area contributed by atoms with Crippen LogP contribution in [0.25, 0.3) is 0 Å². The van der Waals surface area contributed by atoms with Crippen LogP contribution in [-0.2, 0) is 6.54 Å². The molecule has 1 heterocycles. The number of aromatic nitrogens is 2. The molecular formula is C12H19ClN2O. The maximum absolute atomic E-state index is 10.3. The molecule has 0 saturated heterocycles. The molecule has 0 spiro atoms. The normalized spacial score (nSPS) is 19.8. The van der Waals surface area contributed by atoms with Gasteiger partial charge in [0.2, 0.25) is 0 Å². The first-order valence-corrected chi connectivity index (χ1v) is 6.42. The van der Waals surface area contributed by atoms with Gasteiger partial charge >= 0.3 is 0 Å². The van der Waals surface area contributed by atoms with Gasteiger partial charge in [0, 0.05) is 6.54 Å². The number of nitrogens with zero attached hydrogens (tertiary/aromatic N) is 2. The highest BCUT2D eigenvalue weighted by atomic mass is 35.5. The molecular weight excluding hydrogens is 224 g/mol. The number of aliphatic hydroxyl groups is 1. The lowest BCUT2D eigenvalue weighted by molar-refractivity contribution is 0.0965. The van der Waals surface area contributed by atoms with Gasteiger partial charge in [-0.15, -0.1) is 0 Å². The van der Waals surface area contributed by atoms with Crippen molar-refractivity contribution in [2.75, 3.05) is 0 Å². The molecule has 1 aliphatic rings. The zero-order valence-electron chi connectivity index (χ0n) is 9.86. The first kappa shape index (κ1) is 11.9. The SMILES string of the molecule is CCCn1ncc(Cl)c1C(O)C(C)C1CC1. The fraction of sp³-hybridized carbons (Fsp3) is 0.750. The first-order chi connectivity index (χ1) is 7.65. The molecule has 0 bridgehead atoms. The van der Waals surface area contributed by atoms with E-state index in [9.17, 15) is 5.11 Å². The summed E-state index contributed by atoms with van der Waals surface area (Å²) in [6, 6.07) is 0. The number of hydrogen-bond acceptors (Lipinski definition) is 2. The third kappa shape index (κ3) is 2.25. The van der Waals surface area contributed by atoms with Crippen LogP contribution in [0.4, 0.5) is 0 Å². The second-order valence-corrected chi connectivity index (χ2v) is 5.15. The quantitative estimate of drug-likeness (QED) is 0.862. The minimum atomic E-state index is -0.478. The van der Waals surface area contributed by atoms with E-state index in [2.05, 4.69) is 18.9 Å². The Bertz CT molecular complexity index is 360. The second kappa shape index (κ2) is 4.76. The zero-order chi connectivity index (χ0) is 11.7. The summed E-state index contributed by atoms with van der Waals surface area (Å²) in [6.45, 7) is 5.01. The third-order valence-electron chi connectivity index (χ3n) is 3.41. The number of aryl methyl sites for hydroxylation is 1. The van der Waals surface area contributed by atoms with Crippen LogP contribution in [0.1, 0.15) is 44.9 Å². The Balaban J connectivity index is 2.19. The lowest BCUT2D eigenvalue weighted by Crippen LogP contribution is -2.17.